The van der Waals surface area contributed by atoms with Crippen molar-refractivity contribution in [1.29, 1.82) is 0 Å². The number of nitrogens with one attached hydrogen (secondary N) is 1. The van der Waals surface area contributed by atoms with E-state index in [4.69, 9.17) is 11.5 Å². The number of nitrogens with two attached hydrogens (primary N) is 2. The SMILES string of the molecule is CC(C(=O)NC(N)=O)N1CCCC(CCN)C1.Cl. The van der Waals surface area contributed by atoms with E-state index in [0.29, 0.717) is 12.5 Å². The van der Waals surface area contributed by atoms with Gasteiger partial charge in [0, 0.05) is 6.54 Å². The molecule has 1 aliphatic rings. The second-order valence-electron chi connectivity index (χ2n) is 4.61. The number of piperidine rings is 1. The van der Waals surface area contributed by atoms with E-state index in [1.165, 1.54) is 0 Å². The zero-order valence-electron chi connectivity index (χ0n) is 10.7. The zero-order chi connectivity index (χ0) is 12.8. The van der Waals surface area contributed by atoms with E-state index >= 15 is 0 Å². The molecule has 0 radical (unpaired) electrons. The van der Waals surface area contributed by atoms with Crippen molar-refractivity contribution in [2.75, 3.05) is 19.6 Å². The van der Waals surface area contributed by atoms with E-state index in [1.807, 2.05) is 0 Å². The number of rotatable bonds is 4. The maximum absolute atomic E-state index is 11.6. The smallest absolute Gasteiger partial charge is 0.318 e. The van der Waals surface area contributed by atoms with Crippen LogP contribution in [0.4, 0.5) is 4.79 Å². The van der Waals surface area contributed by atoms with E-state index < -0.39 is 6.03 Å². The number of amides is 3. The molecule has 1 fully saturated rings. The third-order valence-corrected chi connectivity index (χ3v) is 3.30. The first-order valence-electron chi connectivity index (χ1n) is 6.09. The van der Waals surface area contributed by atoms with Gasteiger partial charge in [-0.15, -0.1) is 12.4 Å². The molecule has 1 rings (SSSR count). The van der Waals surface area contributed by atoms with Gasteiger partial charge in [-0.05, 0) is 45.2 Å². The molecule has 0 aromatic heterocycles. The molecule has 1 saturated heterocycles. The highest BCUT2D eigenvalue weighted by Gasteiger charge is 2.27. The lowest BCUT2D eigenvalue weighted by atomic mass is 9.94. The number of carbonyl (C=O) groups excluding carboxylic acids is 2. The number of halogens is 1. The van der Waals surface area contributed by atoms with Crippen LogP contribution in [-0.2, 0) is 4.79 Å². The number of hydrogen-bond acceptors (Lipinski definition) is 4. The first-order chi connectivity index (χ1) is 8.04. The third kappa shape index (κ3) is 5.20. The van der Waals surface area contributed by atoms with Gasteiger partial charge in [-0.25, -0.2) is 4.79 Å². The molecule has 1 aliphatic heterocycles. The van der Waals surface area contributed by atoms with E-state index in [9.17, 15) is 9.59 Å². The summed E-state index contributed by atoms with van der Waals surface area (Å²) < 4.78 is 0. The number of urea groups is 1. The minimum atomic E-state index is -0.794. The van der Waals surface area contributed by atoms with Crippen LogP contribution < -0.4 is 16.8 Å². The van der Waals surface area contributed by atoms with Gasteiger partial charge in [0.05, 0.1) is 6.04 Å². The first-order valence-corrected chi connectivity index (χ1v) is 6.09. The van der Waals surface area contributed by atoms with Gasteiger partial charge in [-0.2, -0.15) is 0 Å². The average molecular weight is 279 g/mol. The molecule has 7 heteroatoms. The van der Waals surface area contributed by atoms with Crippen LogP contribution in [0.25, 0.3) is 0 Å². The fraction of sp³-hybridized carbons (Fsp3) is 0.818. The van der Waals surface area contributed by atoms with Gasteiger partial charge in [0.1, 0.15) is 0 Å². The van der Waals surface area contributed by atoms with Crippen molar-refractivity contribution < 1.29 is 9.59 Å². The van der Waals surface area contributed by atoms with Crippen molar-refractivity contribution in [3.8, 4) is 0 Å². The molecule has 0 bridgehead atoms. The minimum absolute atomic E-state index is 0. The number of nitrogens with zero attached hydrogens (tertiary/aromatic N) is 1. The molecule has 0 saturated carbocycles. The Morgan fingerprint density at radius 3 is 2.72 bits per heavy atom. The predicted octanol–water partition coefficient (Wildman–Crippen LogP) is 0.0524. The zero-order valence-corrected chi connectivity index (χ0v) is 11.5. The van der Waals surface area contributed by atoms with Crippen molar-refractivity contribution >= 4 is 24.3 Å². The van der Waals surface area contributed by atoms with Gasteiger partial charge in [0.15, 0.2) is 0 Å². The Morgan fingerprint density at radius 2 is 2.17 bits per heavy atom. The Labute approximate surface area is 114 Å². The lowest BCUT2D eigenvalue weighted by molar-refractivity contribution is -0.125. The number of likely N-dealkylation sites (tertiary alicyclic amines) is 1. The van der Waals surface area contributed by atoms with Crippen LogP contribution >= 0.6 is 12.4 Å². The predicted molar refractivity (Wildman–Crippen MR) is 72.4 cm³/mol. The molecule has 2 atom stereocenters. The molecule has 106 valence electrons. The van der Waals surface area contributed by atoms with E-state index in [0.717, 1.165) is 32.4 Å². The van der Waals surface area contributed by atoms with Gasteiger partial charge in [-0.1, -0.05) is 0 Å². The fourth-order valence-corrected chi connectivity index (χ4v) is 2.31. The number of carbonyl (C=O) groups is 2. The molecule has 0 aliphatic carbocycles. The Bertz CT molecular complexity index is 286. The highest BCUT2D eigenvalue weighted by atomic mass is 35.5. The Kier molecular flexibility index (Phi) is 7.90. The van der Waals surface area contributed by atoms with Crippen LogP contribution in [0.2, 0.25) is 0 Å². The maximum Gasteiger partial charge on any atom is 0.318 e. The lowest BCUT2D eigenvalue weighted by Gasteiger charge is -2.35. The summed E-state index contributed by atoms with van der Waals surface area (Å²) in [5, 5.41) is 2.12. The topological polar surface area (TPSA) is 101 Å². The summed E-state index contributed by atoms with van der Waals surface area (Å²) in [4.78, 5) is 24.3. The largest absolute Gasteiger partial charge is 0.351 e. The summed E-state index contributed by atoms with van der Waals surface area (Å²) >= 11 is 0. The molecule has 0 aromatic rings. The molecule has 0 aromatic carbocycles. The normalized spacial score (nSPS) is 21.8. The molecule has 18 heavy (non-hydrogen) atoms. The molecule has 5 N–H and O–H groups in total. The van der Waals surface area contributed by atoms with Crippen molar-refractivity contribution in [2.45, 2.75) is 32.2 Å². The summed E-state index contributed by atoms with van der Waals surface area (Å²) in [6.45, 7) is 4.22. The van der Waals surface area contributed by atoms with E-state index in [1.54, 1.807) is 6.92 Å². The Hall–Kier alpha value is -0.850. The lowest BCUT2D eigenvalue weighted by Crippen LogP contribution is -2.51. The molecule has 2 unspecified atom stereocenters. The molecule has 6 nitrogen and oxygen atoms in total. The second-order valence-corrected chi connectivity index (χ2v) is 4.61. The standard InChI is InChI=1S/C11H22N4O2.ClH/c1-8(10(16)14-11(13)17)15-6-2-3-9(7-15)4-5-12;/h8-9H,2-7,12H2,1H3,(H3,13,14,16,17);1H. The minimum Gasteiger partial charge on any atom is -0.351 e. The van der Waals surface area contributed by atoms with Crippen LogP contribution in [0.15, 0.2) is 0 Å². The third-order valence-electron chi connectivity index (χ3n) is 3.30. The van der Waals surface area contributed by atoms with Gasteiger partial charge >= 0.3 is 6.03 Å². The molecule has 3 amide bonds. The summed E-state index contributed by atoms with van der Waals surface area (Å²) in [6.07, 6.45) is 3.22. The van der Waals surface area contributed by atoms with Crippen LogP contribution in [0.1, 0.15) is 26.2 Å². The van der Waals surface area contributed by atoms with Gasteiger partial charge in [0.25, 0.3) is 0 Å². The second kappa shape index (κ2) is 8.29. The first kappa shape index (κ1) is 17.2. The summed E-state index contributed by atoms with van der Waals surface area (Å²) in [7, 11) is 0. The van der Waals surface area contributed by atoms with Gasteiger partial charge in [-0.3, -0.25) is 15.0 Å². The maximum atomic E-state index is 11.6. The molecule has 1 heterocycles. The molecule has 0 spiro atoms. The van der Waals surface area contributed by atoms with E-state index in [-0.39, 0.29) is 24.4 Å². The fourth-order valence-electron chi connectivity index (χ4n) is 2.31. The monoisotopic (exact) mass is 278 g/mol. The van der Waals surface area contributed by atoms with Crippen molar-refractivity contribution in [2.24, 2.45) is 17.4 Å². The number of imide groups is 1. The van der Waals surface area contributed by atoms with Crippen LogP contribution in [0.5, 0.6) is 0 Å². The quantitative estimate of drug-likeness (QED) is 0.676. The highest BCUT2D eigenvalue weighted by Crippen LogP contribution is 2.20. The van der Waals surface area contributed by atoms with Gasteiger partial charge < -0.3 is 11.5 Å². The Balaban J connectivity index is 0.00000289. The molecular formula is C11H23ClN4O2. The van der Waals surface area contributed by atoms with Crippen LogP contribution in [0.3, 0.4) is 0 Å². The average Bonchev–Trinajstić information content (AvgIpc) is 2.28. The van der Waals surface area contributed by atoms with Crippen LogP contribution in [0, 0.1) is 5.92 Å². The number of primary amides is 1. The molecular weight excluding hydrogens is 256 g/mol. The van der Waals surface area contributed by atoms with Gasteiger partial charge in [0.2, 0.25) is 5.91 Å². The Morgan fingerprint density at radius 1 is 1.50 bits per heavy atom. The summed E-state index contributed by atoms with van der Waals surface area (Å²) in [5.74, 6) is 0.225. The summed E-state index contributed by atoms with van der Waals surface area (Å²) in [5.41, 5.74) is 10.5. The number of hydrogen-bond donors (Lipinski definition) is 3. The van der Waals surface area contributed by atoms with Crippen molar-refractivity contribution in [1.82, 2.24) is 10.2 Å². The van der Waals surface area contributed by atoms with Crippen molar-refractivity contribution in [3.05, 3.63) is 0 Å². The van der Waals surface area contributed by atoms with E-state index in [2.05, 4.69) is 10.2 Å². The van der Waals surface area contributed by atoms with Crippen molar-refractivity contribution in [3.63, 3.8) is 0 Å². The van der Waals surface area contributed by atoms with Crippen LogP contribution in [-0.4, -0.2) is 42.5 Å². The highest BCUT2D eigenvalue weighted by molar-refractivity contribution is 5.96. The summed E-state index contributed by atoms with van der Waals surface area (Å²) in [6, 6.07) is -1.11.